The summed E-state index contributed by atoms with van der Waals surface area (Å²) in [5.41, 5.74) is 4.59. The summed E-state index contributed by atoms with van der Waals surface area (Å²) >= 11 is 0. The number of carbonyl (C=O) groups excluding carboxylic acids is 2. The fourth-order valence-electron chi connectivity index (χ4n) is 4.47. The van der Waals surface area contributed by atoms with Gasteiger partial charge in [-0.1, -0.05) is 53.7 Å². The number of nitrogens with one attached hydrogen (secondary N) is 1. The Bertz CT molecular complexity index is 1190. The van der Waals surface area contributed by atoms with E-state index in [9.17, 15) is 14.4 Å². The minimum Gasteiger partial charge on any atom is -0.481 e. The molecule has 2 N–H and O–H groups in total. The molecule has 1 atom stereocenters. The summed E-state index contributed by atoms with van der Waals surface area (Å²) in [7, 11) is 0. The Morgan fingerprint density at radius 3 is 2.34 bits per heavy atom. The lowest BCUT2D eigenvalue weighted by molar-refractivity contribution is -0.138. The first-order valence-corrected chi connectivity index (χ1v) is 11.5. The lowest BCUT2D eigenvalue weighted by Gasteiger charge is -2.25. The van der Waals surface area contributed by atoms with Crippen LogP contribution < -0.4 is 5.32 Å². The minimum atomic E-state index is -0.989. The SMILES string of the molecule is CCN(C(=O)c1cc(CNC(=O)OCC2c3ccccc3-c3ccccc32)on1)C(C)CC(=O)O. The molecule has 0 aliphatic heterocycles. The van der Waals surface area contributed by atoms with Crippen molar-refractivity contribution >= 4 is 18.0 Å². The molecular weight excluding hydrogens is 450 g/mol. The summed E-state index contributed by atoms with van der Waals surface area (Å²) < 4.78 is 10.7. The van der Waals surface area contributed by atoms with Gasteiger partial charge in [-0.25, -0.2) is 4.79 Å². The van der Waals surface area contributed by atoms with Gasteiger partial charge in [0, 0.05) is 24.6 Å². The molecule has 0 saturated carbocycles. The molecule has 1 aliphatic rings. The molecule has 0 spiro atoms. The van der Waals surface area contributed by atoms with E-state index in [1.54, 1.807) is 13.8 Å². The highest BCUT2D eigenvalue weighted by Crippen LogP contribution is 2.44. The maximum atomic E-state index is 12.7. The van der Waals surface area contributed by atoms with Crippen LogP contribution in [0.25, 0.3) is 11.1 Å². The number of ether oxygens (including phenoxy) is 1. The molecule has 35 heavy (non-hydrogen) atoms. The zero-order valence-corrected chi connectivity index (χ0v) is 19.6. The number of aromatic nitrogens is 1. The predicted molar refractivity (Wildman–Crippen MR) is 127 cm³/mol. The van der Waals surface area contributed by atoms with Crippen molar-refractivity contribution in [3.8, 4) is 11.1 Å². The molecule has 4 rings (SSSR count). The van der Waals surface area contributed by atoms with Crippen molar-refractivity contribution in [2.75, 3.05) is 13.2 Å². The van der Waals surface area contributed by atoms with E-state index in [4.69, 9.17) is 14.4 Å². The van der Waals surface area contributed by atoms with Crippen LogP contribution in [0.5, 0.6) is 0 Å². The molecule has 9 nitrogen and oxygen atoms in total. The number of alkyl carbamates (subject to hydrolysis) is 1. The third-order valence-corrected chi connectivity index (χ3v) is 6.13. The van der Waals surface area contributed by atoms with Gasteiger partial charge in [0.2, 0.25) is 0 Å². The molecule has 9 heteroatoms. The highest BCUT2D eigenvalue weighted by Gasteiger charge is 2.29. The Hall–Kier alpha value is -4.14. The highest BCUT2D eigenvalue weighted by molar-refractivity contribution is 5.92. The molecule has 0 radical (unpaired) electrons. The molecule has 0 fully saturated rings. The Kier molecular flexibility index (Phi) is 7.14. The second-order valence-electron chi connectivity index (χ2n) is 8.40. The second-order valence-corrected chi connectivity index (χ2v) is 8.40. The van der Waals surface area contributed by atoms with Gasteiger partial charge < -0.3 is 24.6 Å². The third-order valence-electron chi connectivity index (χ3n) is 6.13. The summed E-state index contributed by atoms with van der Waals surface area (Å²) in [4.78, 5) is 37.4. The van der Waals surface area contributed by atoms with Gasteiger partial charge in [-0.3, -0.25) is 9.59 Å². The number of carbonyl (C=O) groups is 3. The van der Waals surface area contributed by atoms with E-state index in [0.29, 0.717) is 6.54 Å². The average Bonchev–Trinajstić information content (AvgIpc) is 3.44. The van der Waals surface area contributed by atoms with E-state index in [1.165, 1.54) is 11.0 Å². The average molecular weight is 478 g/mol. The van der Waals surface area contributed by atoms with Crippen molar-refractivity contribution in [3.63, 3.8) is 0 Å². The number of rotatable bonds is 9. The first-order chi connectivity index (χ1) is 16.9. The van der Waals surface area contributed by atoms with Crippen LogP contribution in [0.1, 0.15) is 53.6 Å². The smallest absolute Gasteiger partial charge is 0.407 e. The molecule has 2 aromatic carbocycles. The van der Waals surface area contributed by atoms with Crippen LogP contribution in [-0.2, 0) is 16.1 Å². The normalized spacial score (nSPS) is 13.0. The Labute approximate surface area is 202 Å². The van der Waals surface area contributed by atoms with E-state index in [0.717, 1.165) is 22.3 Å². The number of fused-ring (bicyclic) bond motifs is 3. The second kappa shape index (κ2) is 10.4. The van der Waals surface area contributed by atoms with Crippen LogP contribution in [0.2, 0.25) is 0 Å². The lowest BCUT2D eigenvalue weighted by Crippen LogP contribution is -2.39. The largest absolute Gasteiger partial charge is 0.481 e. The van der Waals surface area contributed by atoms with Crippen molar-refractivity contribution in [3.05, 3.63) is 77.2 Å². The van der Waals surface area contributed by atoms with Gasteiger partial charge in [-0.05, 0) is 36.1 Å². The van der Waals surface area contributed by atoms with Crippen molar-refractivity contribution in [2.45, 2.75) is 38.8 Å². The summed E-state index contributed by atoms with van der Waals surface area (Å²) in [6.45, 7) is 3.93. The van der Waals surface area contributed by atoms with Crippen LogP contribution in [0.4, 0.5) is 4.79 Å². The topological polar surface area (TPSA) is 122 Å². The van der Waals surface area contributed by atoms with Gasteiger partial charge in [-0.2, -0.15) is 0 Å². The van der Waals surface area contributed by atoms with Gasteiger partial charge in [0.15, 0.2) is 11.5 Å². The highest BCUT2D eigenvalue weighted by atomic mass is 16.5. The molecule has 1 heterocycles. The summed E-state index contributed by atoms with van der Waals surface area (Å²) in [6, 6.07) is 17.1. The summed E-state index contributed by atoms with van der Waals surface area (Å²) in [5.74, 6) is -1.19. The number of benzene rings is 2. The van der Waals surface area contributed by atoms with Crippen LogP contribution in [0.15, 0.2) is 59.1 Å². The number of carboxylic acid groups (broad SMARTS) is 1. The molecule has 1 unspecified atom stereocenters. The van der Waals surface area contributed by atoms with E-state index in [2.05, 4.69) is 22.6 Å². The standard InChI is InChI=1S/C26H27N3O6/c1-3-29(16(2)12-24(30)31)25(32)23-13-17(35-28-23)14-27-26(33)34-15-22-20-10-6-4-8-18(20)19-9-5-7-11-21(19)22/h4-11,13,16,22H,3,12,14-15H2,1-2H3,(H,27,33)(H,30,31). The molecule has 182 valence electrons. The van der Waals surface area contributed by atoms with E-state index < -0.39 is 24.0 Å². The maximum Gasteiger partial charge on any atom is 0.407 e. The zero-order chi connectivity index (χ0) is 24.9. The number of hydrogen-bond donors (Lipinski definition) is 2. The molecule has 1 aromatic heterocycles. The lowest BCUT2D eigenvalue weighted by atomic mass is 9.98. The van der Waals surface area contributed by atoms with E-state index in [1.807, 2.05) is 36.4 Å². The monoisotopic (exact) mass is 477 g/mol. The van der Waals surface area contributed by atoms with Crippen molar-refractivity contribution < 1.29 is 28.8 Å². The summed E-state index contributed by atoms with van der Waals surface area (Å²) in [6.07, 6.45) is -0.783. The van der Waals surface area contributed by atoms with Gasteiger partial charge >= 0.3 is 12.1 Å². The van der Waals surface area contributed by atoms with Crippen molar-refractivity contribution in [2.24, 2.45) is 0 Å². The van der Waals surface area contributed by atoms with Gasteiger partial charge in [0.05, 0.1) is 13.0 Å². The van der Waals surface area contributed by atoms with Crippen LogP contribution in [0.3, 0.4) is 0 Å². The van der Waals surface area contributed by atoms with Crippen LogP contribution in [0, 0.1) is 0 Å². The number of nitrogens with zero attached hydrogens (tertiary/aromatic N) is 2. The quantitative estimate of drug-likeness (QED) is 0.477. The molecule has 0 saturated heterocycles. The van der Waals surface area contributed by atoms with Crippen LogP contribution in [-0.4, -0.2) is 52.3 Å². The molecule has 2 amide bonds. The number of amides is 2. The zero-order valence-electron chi connectivity index (χ0n) is 19.6. The fraction of sp³-hybridized carbons (Fsp3) is 0.308. The number of carboxylic acids is 1. The van der Waals surface area contributed by atoms with Gasteiger partial charge in [0.25, 0.3) is 5.91 Å². The van der Waals surface area contributed by atoms with E-state index >= 15 is 0 Å². The Morgan fingerprint density at radius 2 is 1.74 bits per heavy atom. The first kappa shape index (κ1) is 24.0. The maximum absolute atomic E-state index is 12.7. The summed E-state index contributed by atoms with van der Waals surface area (Å²) in [5, 5.41) is 15.4. The number of hydrogen-bond acceptors (Lipinski definition) is 6. The minimum absolute atomic E-state index is 0.00619. The van der Waals surface area contributed by atoms with Gasteiger partial charge in [0.1, 0.15) is 6.61 Å². The van der Waals surface area contributed by atoms with Crippen molar-refractivity contribution in [1.82, 2.24) is 15.4 Å². The molecule has 3 aromatic rings. The first-order valence-electron chi connectivity index (χ1n) is 11.5. The Morgan fingerprint density at radius 1 is 1.11 bits per heavy atom. The van der Waals surface area contributed by atoms with Crippen LogP contribution >= 0.6 is 0 Å². The predicted octanol–water partition coefficient (Wildman–Crippen LogP) is 4.04. The molecular formula is C26H27N3O6. The third kappa shape index (κ3) is 5.18. The van der Waals surface area contributed by atoms with E-state index in [-0.39, 0.29) is 36.9 Å². The Balaban J connectivity index is 1.32. The van der Waals surface area contributed by atoms with Crippen molar-refractivity contribution in [1.29, 1.82) is 0 Å². The fourth-order valence-corrected chi connectivity index (χ4v) is 4.47. The molecule has 1 aliphatic carbocycles. The number of aliphatic carboxylic acids is 1. The van der Waals surface area contributed by atoms with Gasteiger partial charge in [-0.15, -0.1) is 0 Å². The molecule has 0 bridgehead atoms.